The number of aliphatic hydroxyl groups excluding tert-OH is 3. The molecule has 3 aromatic rings. The van der Waals surface area contributed by atoms with Gasteiger partial charge in [0.25, 0.3) is 0 Å². The van der Waals surface area contributed by atoms with Gasteiger partial charge in [0.05, 0.1) is 123 Å². The fraction of sp³-hybridized carbons (Fsp3) is 0.678. The van der Waals surface area contributed by atoms with Crippen molar-refractivity contribution in [1.29, 1.82) is 5.26 Å². The van der Waals surface area contributed by atoms with Crippen molar-refractivity contribution in [3.63, 3.8) is 0 Å². The average molecular weight is 2650 g/mol. The van der Waals surface area contributed by atoms with Crippen LogP contribution in [-0.2, 0) is 112 Å². The summed E-state index contributed by atoms with van der Waals surface area (Å²) in [6.45, 7) is 18.5. The van der Waals surface area contributed by atoms with Crippen molar-refractivity contribution in [3.05, 3.63) is 97.4 Å². The van der Waals surface area contributed by atoms with Crippen LogP contribution in [0.4, 0.5) is 0 Å². The molecule has 0 bridgehead atoms. The van der Waals surface area contributed by atoms with E-state index in [4.69, 9.17) is 86.5 Å². The molecule has 5 N–H and O–H groups in total. The Kier molecular flexibility index (Phi) is 119. The molecule has 28 nitrogen and oxygen atoms in total. The number of carbonyl (C=O) groups excluding carboxylic acids is 9. The molecule has 1 spiro atoms. The van der Waals surface area contributed by atoms with Crippen LogP contribution >= 0.6 is 189 Å². The number of hydrogen-bond donors (Lipinski definition) is 5. The van der Waals surface area contributed by atoms with Crippen LogP contribution in [0.2, 0.25) is 0 Å². The van der Waals surface area contributed by atoms with E-state index >= 15 is 0 Å². The zero-order chi connectivity index (χ0) is 97.2. The number of methoxy groups -OCH3 is 6. The van der Waals surface area contributed by atoms with Crippen molar-refractivity contribution in [1.82, 2.24) is 0 Å². The van der Waals surface area contributed by atoms with Gasteiger partial charge in [-0.1, -0.05) is 191 Å². The van der Waals surface area contributed by atoms with Crippen LogP contribution in [0.5, 0.6) is 0 Å². The van der Waals surface area contributed by atoms with Crippen LogP contribution in [0, 0.1) is 16.7 Å². The van der Waals surface area contributed by atoms with Gasteiger partial charge in [-0.3, -0.25) is 43.2 Å². The fourth-order valence-electron chi connectivity index (χ4n) is 11.1. The first kappa shape index (κ1) is 150. The maximum atomic E-state index is 12.7. The maximum Gasteiger partial charge on any atom is 1.00 e. The van der Waals surface area contributed by atoms with Gasteiger partial charge in [-0.2, -0.15) is 5.26 Å². The van der Waals surface area contributed by atoms with Crippen LogP contribution in [-0.4, -0.2) is 270 Å². The minimum atomic E-state index is -1.67. The number of aliphatic hydroxyl groups is 3. The fourth-order valence-corrected chi connectivity index (χ4v) is 15.1. The van der Waals surface area contributed by atoms with E-state index in [2.05, 4.69) is 221 Å². The average Bonchev–Trinajstić information content (AvgIpc) is 1.60. The topological polar surface area (TPSA) is 406 Å². The van der Waals surface area contributed by atoms with Crippen LogP contribution in [0.15, 0.2) is 69.6 Å². The van der Waals surface area contributed by atoms with Gasteiger partial charge in [-0.25, -0.2) is 4.21 Å². The van der Waals surface area contributed by atoms with Gasteiger partial charge in [0, 0.05) is 144 Å². The summed E-state index contributed by atoms with van der Waals surface area (Å²) in [5.41, 5.74) is 4.89. The van der Waals surface area contributed by atoms with Crippen molar-refractivity contribution in [2.24, 2.45) is 5.41 Å². The van der Waals surface area contributed by atoms with Gasteiger partial charge in [-0.15, -0.1) is 23.2 Å². The predicted octanol–water partition coefficient (Wildman–Crippen LogP) is 15.0. The van der Waals surface area contributed by atoms with E-state index in [0.717, 1.165) is 97.9 Å². The Hall–Kier alpha value is -0.410. The predicted molar refractivity (Wildman–Crippen MR) is 567 cm³/mol. The number of hydrogen-bond acceptors (Lipinski definition) is 28. The first-order chi connectivity index (χ1) is 60.0. The molecule has 0 heterocycles. The van der Waals surface area contributed by atoms with Gasteiger partial charge in [0.15, 0.2) is 17.3 Å². The van der Waals surface area contributed by atoms with Crippen LogP contribution < -0.4 is 35.0 Å². The number of benzene rings is 3. The molecular weight excluding hydrogens is 2500 g/mol. The molecule has 0 aliphatic heterocycles. The Bertz CT molecular complexity index is 3240. The summed E-state index contributed by atoms with van der Waals surface area (Å²) in [4.78, 5) is 98.6. The van der Waals surface area contributed by atoms with Crippen LogP contribution in [0.25, 0.3) is 0 Å². The van der Waals surface area contributed by atoms with Crippen molar-refractivity contribution < 1.29 is 161 Å². The summed E-state index contributed by atoms with van der Waals surface area (Å²) >= 11 is 29.8. The van der Waals surface area contributed by atoms with E-state index < -0.39 is 70.2 Å². The van der Waals surface area contributed by atoms with Crippen LogP contribution in [0.1, 0.15) is 224 Å². The second-order valence-corrected chi connectivity index (χ2v) is 37.1. The Morgan fingerprint density at radius 3 is 1.22 bits per heavy atom. The number of halogens is 11. The molecule has 0 atom stereocenters. The summed E-state index contributed by atoms with van der Waals surface area (Å²) < 4.78 is 75.6. The smallest absolute Gasteiger partial charge is 1.00 e. The zero-order valence-corrected chi connectivity index (χ0v) is 96.0. The second-order valence-electron chi connectivity index (χ2n) is 26.1. The number of ketones is 3. The number of alkyl halides is 7. The molecule has 0 unspecified atom stereocenters. The van der Waals surface area contributed by atoms with Crippen molar-refractivity contribution in [2.75, 3.05) is 129 Å². The number of nitriles is 1. The third-order valence-electron chi connectivity index (χ3n) is 17.1. The molecule has 747 valence electrons. The molecule has 3 aliphatic carbocycles. The molecule has 0 saturated heterocycles. The molecule has 43 heteroatoms. The van der Waals surface area contributed by atoms with E-state index in [0.29, 0.717) is 79.4 Å². The normalized spacial score (nSPS) is 12.9. The summed E-state index contributed by atoms with van der Waals surface area (Å²) in [6, 6.07) is 20.1. The van der Waals surface area contributed by atoms with E-state index in [9.17, 15) is 43.2 Å². The van der Waals surface area contributed by atoms with Crippen molar-refractivity contribution in [3.8, 4) is 6.07 Å². The molecule has 0 aromatic heterocycles. The Morgan fingerprint density at radius 1 is 0.538 bits per heavy atom. The molecule has 3 radical (unpaired) electrons. The SMILES string of the molecule is C.C.CCI.CCOC(CC(=O)OC)CC(=O)OC.CCOC(CCCl)CCCl.CCOC(CCI)CCI.CCOC(CCI)CCI.CCOC(CCO)CCO.CCOC1CCC2(CC1)Cc1ccc(Br)cc1C2=O.COC(=O)CC(=O)CC(=O)OC.COC(=O)CC(O)CC(=O)OC.N#Cc1cccc(B(O)O)c1.O=C1CCc2ccc(Br)cc21.O=S(Cl)Cl.[B].[H-].[Na+]. The first-order valence-electron chi connectivity index (χ1n) is 40.7. The molecular formula is C87H142B2Br2Cl4I5NNaO27S. The molecule has 6 rings (SSSR count). The molecule has 1 saturated carbocycles. The summed E-state index contributed by atoms with van der Waals surface area (Å²) in [7, 11) is 13.2. The minimum Gasteiger partial charge on any atom is -1.00 e. The summed E-state index contributed by atoms with van der Waals surface area (Å²) in [5, 5.41) is 51.9. The number of rotatable bonds is 41. The maximum absolute atomic E-state index is 12.7. The first-order valence-corrected chi connectivity index (χ1v) is 53.8. The molecule has 3 aliphatic rings. The number of esters is 6. The van der Waals surface area contributed by atoms with Gasteiger partial charge < -0.3 is 83.6 Å². The Morgan fingerprint density at radius 2 is 0.885 bits per heavy atom. The molecule has 1 fully saturated rings. The van der Waals surface area contributed by atoms with Crippen molar-refractivity contribution >= 4 is 273 Å². The monoisotopic (exact) mass is 2640 g/mol. The Balaban J connectivity index is -0.000000135. The quantitative estimate of drug-likeness (QED) is 0.00670. The number of Topliss-reactive ketones (excluding diaryl/α,β-unsaturated/α-hetero) is 3. The molecule has 0 amide bonds. The van der Waals surface area contributed by atoms with Gasteiger partial charge in [0.2, 0.25) is 9.23 Å². The number of nitrogens with zero attached hydrogens (tertiary/aromatic N) is 1. The van der Waals surface area contributed by atoms with E-state index in [1.165, 1.54) is 108 Å². The molecule has 3 aromatic carbocycles. The Labute approximate surface area is 907 Å². The largest absolute Gasteiger partial charge is 1.00 e. The van der Waals surface area contributed by atoms with E-state index in [1.807, 2.05) is 57.2 Å². The van der Waals surface area contributed by atoms with Gasteiger partial charge in [0.1, 0.15) is 12.8 Å². The van der Waals surface area contributed by atoms with E-state index in [1.54, 1.807) is 25.1 Å². The summed E-state index contributed by atoms with van der Waals surface area (Å²) in [6.07, 6.45) is 13.6. The van der Waals surface area contributed by atoms with Crippen LogP contribution in [0.3, 0.4) is 0 Å². The summed E-state index contributed by atoms with van der Waals surface area (Å²) in [5.74, 6) is -1.75. The molecule has 130 heavy (non-hydrogen) atoms. The number of aryl methyl sites for hydroxylation is 1. The third kappa shape index (κ3) is 84.5. The third-order valence-corrected chi connectivity index (χ3v) is 21.0. The standard InChI is InChI=1S/C16H19BrO2.C9H7BrO.C9H16O5.C7H6BNO2.C7H14Cl2O.2C7H14I2O.C7H12O5.C7H10O5.C7H16O3.C2H5I.2CH4.B.Cl2OS.Na.H/c1-2-19-13-5-7-16(8-6-13)10-11-3-4-12(17)9-14(11)15(16)18;10-7-3-1-6-2-4-9(11)8(6)5-7;1-4-14-7(5-8(10)12-2)6-9(11)13-3;9-5-6-2-1-3-7(4-6)8(10)11;3*1-2-10-7(3-5-8)4-6-9;2*1-11-6(9)3-5(8)4-7(10)12-2;1-2-10-7(3-5-8)4-6-9;1-2-3;;;;1-4(2)3;;/h3-4,9,13H,2,5-8,10H2,1H3;1,3,5H,2,4H2;7H,4-6H2,1-3H3;1-4,10-11H;3*7H,2-6H2,1H3;5,8H,3-4H2,1-2H3;3-4H2,1-2H3;7-9H,2-6H2,1H3;2H2,1H3;2*1H4;;;;/q;;;;;;;;;;;;;;;+1;-1. The van der Waals surface area contributed by atoms with E-state index in [-0.39, 0.29) is 129 Å². The van der Waals surface area contributed by atoms with Gasteiger partial charge >= 0.3 is 72.5 Å². The second kappa shape index (κ2) is 103. The van der Waals surface area contributed by atoms with Gasteiger partial charge in [-0.05, 0) is 189 Å². The van der Waals surface area contributed by atoms with Crippen molar-refractivity contribution in [2.45, 2.75) is 241 Å². The number of fused-ring (bicyclic) bond motifs is 2. The zero-order valence-electron chi connectivity index (χ0n) is 77.2. The number of carbonyl (C=O) groups is 9. The number of ether oxygens (including phenoxy) is 12. The minimum absolute atomic E-state index is 0.